The molecule has 0 aliphatic carbocycles. The van der Waals surface area contributed by atoms with Gasteiger partial charge in [-0.05, 0) is 62.7 Å². The van der Waals surface area contributed by atoms with Crippen molar-refractivity contribution in [2.24, 2.45) is 0 Å². The molecule has 0 spiro atoms. The second kappa shape index (κ2) is 9.87. The number of hydrogen-bond acceptors (Lipinski definition) is 7. The van der Waals surface area contributed by atoms with Crippen molar-refractivity contribution in [2.45, 2.75) is 33.9 Å². The summed E-state index contributed by atoms with van der Waals surface area (Å²) in [6.07, 6.45) is 0. The van der Waals surface area contributed by atoms with Crippen LogP contribution in [-0.4, -0.2) is 24.2 Å². The first-order valence-electron chi connectivity index (χ1n) is 11.9. The van der Waals surface area contributed by atoms with Crippen molar-refractivity contribution in [1.82, 2.24) is 4.90 Å². The van der Waals surface area contributed by atoms with E-state index in [1.807, 2.05) is 6.07 Å². The van der Waals surface area contributed by atoms with Crippen LogP contribution >= 0.6 is 0 Å². The fourth-order valence-electron chi connectivity index (χ4n) is 4.26. The van der Waals surface area contributed by atoms with E-state index in [4.69, 9.17) is 18.6 Å². The summed E-state index contributed by atoms with van der Waals surface area (Å²) in [6.45, 7) is 7.60. The minimum absolute atomic E-state index is 0.111. The smallest absolute Gasteiger partial charge is 0.338 e. The van der Waals surface area contributed by atoms with Gasteiger partial charge in [0.25, 0.3) is 0 Å². The van der Waals surface area contributed by atoms with E-state index in [-0.39, 0.29) is 11.2 Å². The molecular weight excluding hydrogens is 458 g/mol. The molecule has 7 nitrogen and oxygen atoms in total. The van der Waals surface area contributed by atoms with Gasteiger partial charge in [0.15, 0.2) is 0 Å². The van der Waals surface area contributed by atoms with Crippen molar-refractivity contribution in [3.8, 4) is 17.2 Å². The predicted molar refractivity (Wildman–Crippen MR) is 136 cm³/mol. The Hall–Kier alpha value is -4.10. The zero-order valence-corrected chi connectivity index (χ0v) is 20.5. The van der Waals surface area contributed by atoms with E-state index < -0.39 is 5.97 Å². The third-order valence-electron chi connectivity index (χ3n) is 6.14. The fourth-order valence-corrected chi connectivity index (χ4v) is 4.26. The Kier molecular flexibility index (Phi) is 6.48. The van der Waals surface area contributed by atoms with Crippen LogP contribution in [0.4, 0.5) is 0 Å². The predicted octanol–water partition coefficient (Wildman–Crippen LogP) is 5.73. The van der Waals surface area contributed by atoms with Gasteiger partial charge in [0.05, 0.1) is 23.1 Å². The van der Waals surface area contributed by atoms with E-state index in [1.54, 1.807) is 44.2 Å². The Morgan fingerprint density at radius 2 is 1.75 bits per heavy atom. The minimum Gasteiger partial charge on any atom is -0.478 e. The first kappa shape index (κ1) is 23.6. The van der Waals surface area contributed by atoms with Crippen molar-refractivity contribution in [1.29, 1.82) is 0 Å². The summed E-state index contributed by atoms with van der Waals surface area (Å²) in [4.78, 5) is 27.4. The molecule has 184 valence electrons. The largest absolute Gasteiger partial charge is 0.478 e. The molecule has 3 aromatic carbocycles. The Morgan fingerprint density at radius 3 is 2.47 bits per heavy atom. The Bertz CT molecular complexity index is 1470. The summed E-state index contributed by atoms with van der Waals surface area (Å²) < 4.78 is 23.0. The lowest BCUT2D eigenvalue weighted by Crippen LogP contribution is -2.31. The summed E-state index contributed by atoms with van der Waals surface area (Å²) >= 11 is 0. The molecule has 0 radical (unpaired) electrons. The number of nitrogens with zero attached hydrogens (tertiary/aromatic N) is 1. The van der Waals surface area contributed by atoms with E-state index in [0.29, 0.717) is 53.7 Å². The topological polar surface area (TPSA) is 78.2 Å². The molecule has 2 heterocycles. The lowest BCUT2D eigenvalue weighted by atomic mass is 10.1. The number of esters is 1. The van der Waals surface area contributed by atoms with Gasteiger partial charge in [0.1, 0.15) is 29.6 Å². The average Bonchev–Trinajstić information content (AvgIpc) is 2.88. The zero-order chi connectivity index (χ0) is 25.2. The third-order valence-corrected chi connectivity index (χ3v) is 6.14. The van der Waals surface area contributed by atoms with Crippen LogP contribution in [0.15, 0.2) is 69.9 Å². The van der Waals surface area contributed by atoms with E-state index >= 15 is 0 Å². The number of benzene rings is 3. The summed E-state index contributed by atoms with van der Waals surface area (Å²) in [6, 6.07) is 18.4. The molecule has 0 atom stereocenters. The van der Waals surface area contributed by atoms with Crippen molar-refractivity contribution < 1.29 is 23.4 Å². The molecule has 0 saturated heterocycles. The average molecular weight is 486 g/mol. The van der Waals surface area contributed by atoms with Crippen molar-refractivity contribution in [2.75, 3.05) is 13.3 Å². The van der Waals surface area contributed by atoms with Crippen LogP contribution in [0.5, 0.6) is 17.2 Å². The number of carbonyl (C=O) groups is 1. The van der Waals surface area contributed by atoms with E-state index in [2.05, 4.69) is 36.1 Å². The van der Waals surface area contributed by atoms with Crippen LogP contribution in [-0.2, 0) is 17.8 Å². The standard InChI is InChI=1S/C29H27NO6/c1-4-33-29(32)21-9-11-22(12-10-21)36-27-19(3)35-28-23(26(27)31)13-14-25-24(28)16-30(17-34-25)15-20-7-5-18(2)6-8-20/h5-14H,4,15-17H2,1-3H3. The number of fused-ring (bicyclic) bond motifs is 3. The molecule has 0 saturated carbocycles. The van der Waals surface area contributed by atoms with Crippen molar-refractivity contribution in [3.05, 3.63) is 98.9 Å². The van der Waals surface area contributed by atoms with Crippen molar-refractivity contribution >= 4 is 16.9 Å². The summed E-state index contributed by atoms with van der Waals surface area (Å²) in [7, 11) is 0. The number of ether oxygens (including phenoxy) is 3. The molecule has 4 aromatic rings. The number of aryl methyl sites for hydroxylation is 2. The molecule has 0 fully saturated rings. The van der Waals surface area contributed by atoms with Gasteiger partial charge < -0.3 is 18.6 Å². The highest BCUT2D eigenvalue weighted by atomic mass is 16.5. The van der Waals surface area contributed by atoms with Gasteiger partial charge in [-0.15, -0.1) is 0 Å². The SMILES string of the molecule is CCOC(=O)c1ccc(Oc2c(C)oc3c4c(ccc3c2=O)OCN(Cc2ccc(C)cc2)C4)cc1. The number of rotatable bonds is 6. The first-order valence-corrected chi connectivity index (χ1v) is 11.9. The van der Waals surface area contributed by atoms with E-state index in [1.165, 1.54) is 11.1 Å². The maximum absolute atomic E-state index is 13.4. The second-order valence-corrected chi connectivity index (χ2v) is 8.83. The fraction of sp³-hybridized carbons (Fsp3) is 0.241. The second-order valence-electron chi connectivity index (χ2n) is 8.83. The highest BCUT2D eigenvalue weighted by Gasteiger charge is 2.24. The maximum atomic E-state index is 13.4. The highest BCUT2D eigenvalue weighted by molar-refractivity contribution is 5.89. The molecule has 7 heteroatoms. The number of hydrogen-bond donors (Lipinski definition) is 0. The van der Waals surface area contributed by atoms with Crippen LogP contribution in [0.1, 0.15) is 39.7 Å². The lowest BCUT2D eigenvalue weighted by Gasteiger charge is -2.29. The molecule has 36 heavy (non-hydrogen) atoms. The Labute approximate surface area is 208 Å². The van der Waals surface area contributed by atoms with Gasteiger partial charge in [-0.25, -0.2) is 4.79 Å². The van der Waals surface area contributed by atoms with Crippen molar-refractivity contribution in [3.63, 3.8) is 0 Å². The van der Waals surface area contributed by atoms with Crippen LogP contribution < -0.4 is 14.9 Å². The summed E-state index contributed by atoms with van der Waals surface area (Å²) in [5.41, 5.74) is 3.91. The monoisotopic (exact) mass is 485 g/mol. The van der Waals surface area contributed by atoms with Crippen LogP contribution in [0.3, 0.4) is 0 Å². The molecule has 0 N–H and O–H groups in total. The number of carbonyl (C=O) groups excluding carboxylic acids is 1. The zero-order valence-electron chi connectivity index (χ0n) is 20.5. The van der Waals surface area contributed by atoms with Gasteiger partial charge >= 0.3 is 5.97 Å². The van der Waals surface area contributed by atoms with Gasteiger partial charge in [-0.3, -0.25) is 9.69 Å². The van der Waals surface area contributed by atoms with Gasteiger partial charge in [0, 0.05) is 13.1 Å². The van der Waals surface area contributed by atoms with E-state index in [9.17, 15) is 9.59 Å². The lowest BCUT2D eigenvalue weighted by molar-refractivity contribution is 0.0526. The van der Waals surface area contributed by atoms with Crippen LogP contribution in [0.2, 0.25) is 0 Å². The highest BCUT2D eigenvalue weighted by Crippen LogP contribution is 2.34. The third kappa shape index (κ3) is 4.70. The van der Waals surface area contributed by atoms with Gasteiger partial charge in [0.2, 0.25) is 11.2 Å². The molecule has 1 aromatic heterocycles. The summed E-state index contributed by atoms with van der Waals surface area (Å²) in [5.74, 6) is 1.20. The molecule has 1 aliphatic rings. The molecule has 0 amide bonds. The maximum Gasteiger partial charge on any atom is 0.338 e. The quantitative estimate of drug-likeness (QED) is 0.323. The van der Waals surface area contributed by atoms with Crippen LogP contribution in [0.25, 0.3) is 11.0 Å². The normalized spacial score (nSPS) is 13.2. The summed E-state index contributed by atoms with van der Waals surface area (Å²) in [5, 5.41) is 0.429. The Morgan fingerprint density at radius 1 is 1.00 bits per heavy atom. The molecule has 0 unspecified atom stereocenters. The van der Waals surface area contributed by atoms with Gasteiger partial charge in [-0.1, -0.05) is 29.8 Å². The van der Waals surface area contributed by atoms with E-state index in [0.717, 1.165) is 12.1 Å². The first-order chi connectivity index (χ1) is 17.4. The minimum atomic E-state index is -0.408. The Balaban J connectivity index is 1.42. The molecule has 5 rings (SSSR count). The molecule has 1 aliphatic heterocycles. The van der Waals surface area contributed by atoms with Crippen LogP contribution in [0, 0.1) is 13.8 Å². The molecule has 0 bridgehead atoms. The molecular formula is C29H27NO6. The van der Waals surface area contributed by atoms with Gasteiger partial charge in [-0.2, -0.15) is 0 Å².